The van der Waals surface area contributed by atoms with E-state index in [9.17, 15) is 5.11 Å². The van der Waals surface area contributed by atoms with Gasteiger partial charge in [-0.2, -0.15) is 5.10 Å². The second-order valence-corrected chi connectivity index (χ2v) is 4.93. The molecule has 1 aliphatic rings. The minimum Gasteiger partial charge on any atom is -0.493 e. The molecular weight excluding hydrogens is 232 g/mol. The lowest BCUT2D eigenvalue weighted by Crippen LogP contribution is -2.40. The predicted octanol–water partition coefficient (Wildman–Crippen LogP) is 1.90. The van der Waals surface area contributed by atoms with E-state index in [4.69, 9.17) is 9.47 Å². The Kier molecular flexibility index (Phi) is 3.92. The van der Waals surface area contributed by atoms with Crippen molar-refractivity contribution in [1.82, 2.24) is 9.78 Å². The van der Waals surface area contributed by atoms with Gasteiger partial charge in [0.15, 0.2) is 5.75 Å². The minimum absolute atomic E-state index is 0.543. The highest BCUT2D eigenvalue weighted by atomic mass is 16.5. The van der Waals surface area contributed by atoms with Crippen LogP contribution in [-0.4, -0.2) is 34.2 Å². The summed E-state index contributed by atoms with van der Waals surface area (Å²) in [6.07, 6.45) is 3.93. The third-order valence-corrected chi connectivity index (χ3v) is 3.70. The number of aliphatic hydroxyl groups excluding tert-OH is 1. The third-order valence-electron chi connectivity index (χ3n) is 3.70. The fourth-order valence-electron chi connectivity index (χ4n) is 2.52. The summed E-state index contributed by atoms with van der Waals surface area (Å²) in [5.41, 5.74) is 0.169. The molecule has 1 N–H and O–H groups in total. The Morgan fingerprint density at radius 1 is 1.61 bits per heavy atom. The van der Waals surface area contributed by atoms with E-state index in [1.807, 2.05) is 13.8 Å². The maximum absolute atomic E-state index is 10.7. The molecule has 18 heavy (non-hydrogen) atoms. The normalized spacial score (nSPS) is 26.0. The summed E-state index contributed by atoms with van der Waals surface area (Å²) in [5, 5.41) is 14.9. The summed E-state index contributed by atoms with van der Waals surface area (Å²) in [4.78, 5) is 0. The van der Waals surface area contributed by atoms with Crippen LogP contribution < -0.4 is 4.74 Å². The van der Waals surface area contributed by atoms with Gasteiger partial charge in [-0.3, -0.25) is 4.68 Å². The molecule has 5 heteroatoms. The first-order valence-electron chi connectivity index (χ1n) is 6.54. The van der Waals surface area contributed by atoms with Gasteiger partial charge < -0.3 is 14.6 Å². The molecule has 2 heterocycles. The lowest BCUT2D eigenvalue weighted by atomic mass is 9.88. The molecule has 1 saturated heterocycles. The number of ether oxygens (including phenoxy) is 2. The Morgan fingerprint density at radius 3 is 2.94 bits per heavy atom. The standard InChI is InChI=1S/C13H22N2O3/c1-4-15-11(10(17-3)9-14-15)12(16)13(2)7-5-6-8-18-13/h9,12,16H,4-8H2,1-3H3. The number of hydrogen-bond acceptors (Lipinski definition) is 4. The maximum Gasteiger partial charge on any atom is 0.162 e. The molecule has 2 rings (SSSR count). The highest BCUT2D eigenvalue weighted by Gasteiger charge is 2.40. The number of methoxy groups -OCH3 is 1. The molecular formula is C13H22N2O3. The summed E-state index contributed by atoms with van der Waals surface area (Å²) in [6, 6.07) is 0. The Bertz CT molecular complexity index is 375. The molecule has 1 aromatic rings. The molecule has 1 aliphatic heterocycles. The Balaban J connectivity index is 2.31. The second kappa shape index (κ2) is 5.28. The minimum atomic E-state index is -0.713. The molecule has 102 valence electrons. The van der Waals surface area contributed by atoms with Gasteiger partial charge in [-0.15, -0.1) is 0 Å². The van der Waals surface area contributed by atoms with Crippen molar-refractivity contribution in [3.63, 3.8) is 0 Å². The molecule has 2 atom stereocenters. The van der Waals surface area contributed by atoms with Gasteiger partial charge in [-0.25, -0.2) is 0 Å². The van der Waals surface area contributed by atoms with Crippen LogP contribution in [0, 0.1) is 0 Å². The van der Waals surface area contributed by atoms with Crippen LogP contribution in [0.25, 0.3) is 0 Å². The summed E-state index contributed by atoms with van der Waals surface area (Å²) in [5.74, 6) is 0.625. The summed E-state index contributed by atoms with van der Waals surface area (Å²) >= 11 is 0. The van der Waals surface area contributed by atoms with E-state index in [0.29, 0.717) is 24.6 Å². The molecule has 0 bridgehead atoms. The number of aliphatic hydroxyl groups is 1. The Labute approximate surface area is 108 Å². The fourth-order valence-corrected chi connectivity index (χ4v) is 2.52. The van der Waals surface area contributed by atoms with E-state index < -0.39 is 11.7 Å². The van der Waals surface area contributed by atoms with Crippen molar-refractivity contribution in [2.45, 2.75) is 51.4 Å². The van der Waals surface area contributed by atoms with Crippen LogP contribution in [0.15, 0.2) is 6.20 Å². The van der Waals surface area contributed by atoms with Gasteiger partial charge in [0, 0.05) is 13.2 Å². The van der Waals surface area contributed by atoms with E-state index in [1.165, 1.54) is 0 Å². The Morgan fingerprint density at radius 2 is 2.39 bits per heavy atom. The number of aryl methyl sites for hydroxylation is 1. The van der Waals surface area contributed by atoms with Crippen LogP contribution in [0.3, 0.4) is 0 Å². The average molecular weight is 254 g/mol. The van der Waals surface area contributed by atoms with Crippen molar-refractivity contribution in [2.24, 2.45) is 0 Å². The first kappa shape index (κ1) is 13.4. The predicted molar refractivity (Wildman–Crippen MR) is 67.6 cm³/mol. The van der Waals surface area contributed by atoms with Crippen molar-refractivity contribution in [3.05, 3.63) is 11.9 Å². The Hall–Kier alpha value is -1.07. The molecule has 0 aliphatic carbocycles. The van der Waals surface area contributed by atoms with Gasteiger partial charge in [0.1, 0.15) is 11.8 Å². The zero-order valence-corrected chi connectivity index (χ0v) is 11.3. The zero-order chi connectivity index (χ0) is 13.2. The lowest BCUT2D eigenvalue weighted by Gasteiger charge is -2.38. The summed E-state index contributed by atoms with van der Waals surface area (Å²) in [7, 11) is 1.59. The molecule has 1 fully saturated rings. The third kappa shape index (κ3) is 2.24. The van der Waals surface area contributed by atoms with Crippen LogP contribution in [0.4, 0.5) is 0 Å². The fraction of sp³-hybridized carbons (Fsp3) is 0.769. The van der Waals surface area contributed by atoms with Crippen molar-refractivity contribution < 1.29 is 14.6 Å². The molecule has 2 unspecified atom stereocenters. The molecule has 0 amide bonds. The van der Waals surface area contributed by atoms with Crippen LogP contribution in [-0.2, 0) is 11.3 Å². The maximum atomic E-state index is 10.7. The topological polar surface area (TPSA) is 56.5 Å². The van der Waals surface area contributed by atoms with E-state index in [0.717, 1.165) is 19.3 Å². The van der Waals surface area contributed by atoms with Crippen molar-refractivity contribution >= 4 is 0 Å². The molecule has 0 spiro atoms. The number of aromatic nitrogens is 2. The zero-order valence-electron chi connectivity index (χ0n) is 11.3. The number of nitrogens with zero attached hydrogens (tertiary/aromatic N) is 2. The van der Waals surface area contributed by atoms with E-state index in [-0.39, 0.29) is 0 Å². The van der Waals surface area contributed by atoms with Gasteiger partial charge in [0.25, 0.3) is 0 Å². The van der Waals surface area contributed by atoms with Gasteiger partial charge in [-0.05, 0) is 33.1 Å². The van der Waals surface area contributed by atoms with Crippen LogP contribution in [0.1, 0.15) is 44.9 Å². The van der Waals surface area contributed by atoms with Gasteiger partial charge in [0.2, 0.25) is 0 Å². The van der Waals surface area contributed by atoms with E-state index in [1.54, 1.807) is 18.0 Å². The molecule has 0 radical (unpaired) electrons. The van der Waals surface area contributed by atoms with Gasteiger partial charge in [-0.1, -0.05) is 0 Å². The number of hydrogen-bond donors (Lipinski definition) is 1. The molecule has 1 aromatic heterocycles. The van der Waals surface area contributed by atoms with E-state index in [2.05, 4.69) is 5.10 Å². The van der Waals surface area contributed by atoms with Gasteiger partial charge >= 0.3 is 0 Å². The lowest BCUT2D eigenvalue weighted by molar-refractivity contribution is -0.141. The molecule has 0 saturated carbocycles. The highest BCUT2D eigenvalue weighted by molar-refractivity contribution is 5.29. The summed E-state index contributed by atoms with van der Waals surface area (Å²) < 4.78 is 12.9. The average Bonchev–Trinajstić information content (AvgIpc) is 2.81. The highest BCUT2D eigenvalue weighted by Crippen LogP contribution is 2.39. The van der Waals surface area contributed by atoms with Gasteiger partial charge in [0.05, 0.1) is 18.9 Å². The second-order valence-electron chi connectivity index (χ2n) is 4.93. The molecule has 5 nitrogen and oxygen atoms in total. The number of rotatable bonds is 4. The molecule has 0 aromatic carbocycles. The first-order valence-corrected chi connectivity index (χ1v) is 6.54. The first-order chi connectivity index (χ1) is 8.62. The van der Waals surface area contributed by atoms with Crippen molar-refractivity contribution in [1.29, 1.82) is 0 Å². The van der Waals surface area contributed by atoms with Crippen molar-refractivity contribution in [2.75, 3.05) is 13.7 Å². The van der Waals surface area contributed by atoms with Crippen LogP contribution >= 0.6 is 0 Å². The van der Waals surface area contributed by atoms with Crippen LogP contribution in [0.5, 0.6) is 5.75 Å². The summed E-state index contributed by atoms with van der Waals surface area (Å²) in [6.45, 7) is 5.36. The SMILES string of the molecule is CCn1ncc(OC)c1C(O)C1(C)CCCCO1. The largest absolute Gasteiger partial charge is 0.493 e. The van der Waals surface area contributed by atoms with E-state index >= 15 is 0 Å². The van der Waals surface area contributed by atoms with Crippen molar-refractivity contribution in [3.8, 4) is 5.75 Å². The monoisotopic (exact) mass is 254 g/mol. The van der Waals surface area contributed by atoms with Crippen LogP contribution in [0.2, 0.25) is 0 Å². The quantitative estimate of drug-likeness (QED) is 0.891. The smallest absolute Gasteiger partial charge is 0.162 e.